The van der Waals surface area contributed by atoms with Crippen LogP contribution >= 0.6 is 15.9 Å². The van der Waals surface area contributed by atoms with Gasteiger partial charge in [-0.2, -0.15) is 5.10 Å². The molecule has 0 saturated heterocycles. The third-order valence-electron chi connectivity index (χ3n) is 1.57. The first kappa shape index (κ1) is 9.18. The lowest BCUT2D eigenvalue weighted by molar-refractivity contribution is -0.385. The van der Waals surface area contributed by atoms with E-state index in [1.165, 1.54) is 6.20 Å². The van der Waals surface area contributed by atoms with Crippen molar-refractivity contribution in [1.82, 2.24) is 10.2 Å². The summed E-state index contributed by atoms with van der Waals surface area (Å²) in [5, 5.41) is 17.4. The number of hydrogen-bond donors (Lipinski definition) is 1. The molecule has 1 aromatic heterocycles. The summed E-state index contributed by atoms with van der Waals surface area (Å²) in [5.74, 6) is 0.0768. The normalized spacial score (nSPS) is 12.8. The second-order valence-corrected chi connectivity index (χ2v) is 3.13. The van der Waals surface area contributed by atoms with Crippen molar-refractivity contribution < 1.29 is 4.92 Å². The van der Waals surface area contributed by atoms with E-state index in [9.17, 15) is 10.1 Å². The Bertz CT molecular complexity index is 286. The Hall–Kier alpha value is -0.910. The number of nitro groups is 1. The van der Waals surface area contributed by atoms with E-state index in [0.29, 0.717) is 11.0 Å². The molecule has 0 aliphatic rings. The molecular weight excluding hydrogens is 226 g/mol. The molecule has 6 heteroatoms. The average molecular weight is 234 g/mol. The first-order chi connectivity index (χ1) is 5.66. The molecule has 0 radical (unpaired) electrons. The summed E-state index contributed by atoms with van der Waals surface area (Å²) >= 11 is 3.25. The minimum absolute atomic E-state index is 0.0574. The zero-order valence-corrected chi connectivity index (χ0v) is 8.04. The molecule has 1 N–H and O–H groups in total. The number of aromatic amines is 1. The van der Waals surface area contributed by atoms with E-state index in [1.54, 1.807) is 0 Å². The Morgan fingerprint density at radius 2 is 2.58 bits per heavy atom. The molecule has 5 nitrogen and oxygen atoms in total. The fourth-order valence-electron chi connectivity index (χ4n) is 0.875. The van der Waals surface area contributed by atoms with E-state index in [2.05, 4.69) is 26.1 Å². The van der Waals surface area contributed by atoms with Gasteiger partial charge in [-0.3, -0.25) is 15.2 Å². The number of nitrogens with one attached hydrogen (secondary N) is 1. The Labute approximate surface area is 77.4 Å². The number of hydrogen-bond acceptors (Lipinski definition) is 3. The van der Waals surface area contributed by atoms with Crippen LogP contribution in [0.1, 0.15) is 18.5 Å². The predicted molar refractivity (Wildman–Crippen MR) is 47.5 cm³/mol. The second kappa shape index (κ2) is 3.66. The quantitative estimate of drug-likeness (QED) is 0.492. The van der Waals surface area contributed by atoms with Gasteiger partial charge in [0.2, 0.25) is 0 Å². The zero-order chi connectivity index (χ0) is 9.14. The van der Waals surface area contributed by atoms with Crippen molar-refractivity contribution >= 4 is 21.6 Å². The highest BCUT2D eigenvalue weighted by Crippen LogP contribution is 2.24. The van der Waals surface area contributed by atoms with Crippen molar-refractivity contribution in [2.75, 3.05) is 5.33 Å². The minimum atomic E-state index is -0.433. The number of aromatic nitrogens is 2. The van der Waals surface area contributed by atoms with Crippen LogP contribution in [-0.4, -0.2) is 20.5 Å². The maximum absolute atomic E-state index is 10.4. The molecule has 0 spiro atoms. The van der Waals surface area contributed by atoms with Crippen LogP contribution in [0.25, 0.3) is 0 Å². The van der Waals surface area contributed by atoms with Gasteiger partial charge in [-0.1, -0.05) is 22.9 Å². The summed E-state index contributed by atoms with van der Waals surface area (Å²) in [7, 11) is 0. The lowest BCUT2D eigenvalue weighted by Gasteiger charge is -2.01. The van der Waals surface area contributed by atoms with Gasteiger partial charge < -0.3 is 0 Å². The third kappa shape index (κ3) is 1.63. The molecule has 0 fully saturated rings. The maximum atomic E-state index is 10.4. The van der Waals surface area contributed by atoms with Gasteiger partial charge in [-0.05, 0) is 0 Å². The van der Waals surface area contributed by atoms with E-state index in [4.69, 9.17) is 0 Å². The van der Waals surface area contributed by atoms with E-state index < -0.39 is 4.92 Å². The van der Waals surface area contributed by atoms with Crippen LogP contribution in [0.3, 0.4) is 0 Å². The Morgan fingerprint density at radius 1 is 1.92 bits per heavy atom. The highest BCUT2D eigenvalue weighted by atomic mass is 79.9. The summed E-state index contributed by atoms with van der Waals surface area (Å²) in [5.41, 5.74) is 0.624. The second-order valence-electron chi connectivity index (χ2n) is 2.48. The SMILES string of the molecule is CC(CBr)c1[nH]ncc1[N+](=O)[O-]. The first-order valence-electron chi connectivity index (χ1n) is 3.40. The fraction of sp³-hybridized carbons (Fsp3) is 0.500. The van der Waals surface area contributed by atoms with E-state index in [-0.39, 0.29) is 11.6 Å². The molecule has 0 saturated carbocycles. The van der Waals surface area contributed by atoms with Crippen molar-refractivity contribution in [2.45, 2.75) is 12.8 Å². The minimum Gasteiger partial charge on any atom is -0.275 e. The molecular formula is C6H8BrN3O2. The van der Waals surface area contributed by atoms with Gasteiger partial charge in [-0.15, -0.1) is 0 Å². The van der Waals surface area contributed by atoms with Crippen LogP contribution in [0.15, 0.2) is 6.20 Å². The topological polar surface area (TPSA) is 71.8 Å². The number of rotatable bonds is 3. The smallest absolute Gasteiger partial charge is 0.275 e. The molecule has 0 bridgehead atoms. The van der Waals surface area contributed by atoms with Crippen molar-refractivity contribution in [3.8, 4) is 0 Å². The molecule has 1 heterocycles. The average Bonchev–Trinajstić information content (AvgIpc) is 2.50. The van der Waals surface area contributed by atoms with E-state index in [0.717, 1.165) is 0 Å². The molecule has 1 atom stereocenters. The first-order valence-corrected chi connectivity index (χ1v) is 4.52. The molecule has 1 unspecified atom stereocenters. The van der Waals surface area contributed by atoms with Crippen LogP contribution in [-0.2, 0) is 0 Å². The van der Waals surface area contributed by atoms with E-state index in [1.807, 2.05) is 6.92 Å². The third-order valence-corrected chi connectivity index (χ3v) is 2.54. The van der Waals surface area contributed by atoms with Crippen molar-refractivity contribution in [3.63, 3.8) is 0 Å². The number of nitrogens with zero attached hydrogens (tertiary/aromatic N) is 2. The summed E-state index contributed by atoms with van der Waals surface area (Å²) in [4.78, 5) is 10.0. The molecule has 0 aliphatic heterocycles. The lowest BCUT2D eigenvalue weighted by atomic mass is 10.1. The molecule has 0 aromatic carbocycles. The van der Waals surface area contributed by atoms with Crippen molar-refractivity contribution in [1.29, 1.82) is 0 Å². The largest absolute Gasteiger partial charge is 0.310 e. The summed E-state index contributed by atoms with van der Waals surface area (Å²) in [6, 6.07) is 0. The highest BCUT2D eigenvalue weighted by Gasteiger charge is 2.20. The van der Waals surface area contributed by atoms with Crippen molar-refractivity contribution in [2.24, 2.45) is 0 Å². The number of alkyl halides is 1. The van der Waals surface area contributed by atoms with Gasteiger partial charge in [0, 0.05) is 11.2 Å². The summed E-state index contributed by atoms with van der Waals surface area (Å²) < 4.78 is 0. The lowest BCUT2D eigenvalue weighted by Crippen LogP contribution is -1.99. The van der Waals surface area contributed by atoms with Gasteiger partial charge in [-0.25, -0.2) is 0 Å². The Morgan fingerprint density at radius 3 is 3.08 bits per heavy atom. The van der Waals surface area contributed by atoms with Crippen LogP contribution in [0.4, 0.5) is 5.69 Å². The van der Waals surface area contributed by atoms with Crippen LogP contribution in [0, 0.1) is 10.1 Å². The Kier molecular flexibility index (Phi) is 2.80. The molecule has 0 aliphatic carbocycles. The van der Waals surface area contributed by atoms with E-state index >= 15 is 0 Å². The molecule has 12 heavy (non-hydrogen) atoms. The Balaban J connectivity index is 2.98. The number of halogens is 1. The van der Waals surface area contributed by atoms with Gasteiger partial charge in [0.15, 0.2) is 0 Å². The number of H-pyrrole nitrogens is 1. The zero-order valence-electron chi connectivity index (χ0n) is 6.45. The molecule has 66 valence electrons. The van der Waals surface area contributed by atoms with Crippen LogP contribution in [0.5, 0.6) is 0 Å². The summed E-state index contributed by atoms with van der Waals surface area (Å²) in [6.45, 7) is 1.88. The van der Waals surface area contributed by atoms with Crippen LogP contribution in [0.2, 0.25) is 0 Å². The molecule has 1 rings (SSSR count). The van der Waals surface area contributed by atoms with Crippen molar-refractivity contribution in [3.05, 3.63) is 22.0 Å². The van der Waals surface area contributed by atoms with Crippen LogP contribution < -0.4 is 0 Å². The fourth-order valence-corrected chi connectivity index (χ4v) is 1.20. The summed E-state index contributed by atoms with van der Waals surface area (Å²) in [6.07, 6.45) is 1.23. The van der Waals surface area contributed by atoms with Gasteiger partial charge in [0.05, 0.1) is 4.92 Å². The standard InChI is InChI=1S/C6H8BrN3O2/c1-4(2-7)6-5(10(11)12)3-8-9-6/h3-4H,2H2,1H3,(H,8,9). The predicted octanol–water partition coefficient (Wildman–Crippen LogP) is 1.82. The van der Waals surface area contributed by atoms with Gasteiger partial charge in [0.1, 0.15) is 11.9 Å². The van der Waals surface area contributed by atoms with Gasteiger partial charge >= 0.3 is 5.69 Å². The molecule has 1 aromatic rings. The maximum Gasteiger partial charge on any atom is 0.310 e. The molecule has 0 amide bonds. The highest BCUT2D eigenvalue weighted by molar-refractivity contribution is 9.09. The van der Waals surface area contributed by atoms with Gasteiger partial charge in [0.25, 0.3) is 0 Å². The monoisotopic (exact) mass is 233 g/mol.